The van der Waals surface area contributed by atoms with Crippen molar-refractivity contribution in [2.45, 2.75) is 5.75 Å². The molecule has 1 heterocycles. The lowest BCUT2D eigenvalue weighted by atomic mass is 10.6. The summed E-state index contributed by atoms with van der Waals surface area (Å²) in [4.78, 5) is 0. The largest absolute Gasteiger partial charge is 0.384 e. The zero-order valence-corrected chi connectivity index (χ0v) is 9.01. The molecule has 0 radical (unpaired) electrons. The molecule has 0 aromatic carbocycles. The highest BCUT2D eigenvalue weighted by atomic mass is 35.5. The fraction of sp³-hybridized carbons (Fsp3) is 0.667. The molecule has 0 fully saturated rings. The van der Waals surface area contributed by atoms with E-state index in [4.69, 9.17) is 16.3 Å². The first-order valence-electron chi connectivity index (χ1n) is 3.38. The molecule has 0 aliphatic carbocycles. The van der Waals surface area contributed by atoms with Gasteiger partial charge in [0.05, 0.1) is 6.61 Å². The number of halogens is 1. The predicted molar refractivity (Wildman–Crippen MR) is 53.0 cm³/mol. The Morgan fingerprint density at radius 3 is 3.08 bits per heavy atom. The lowest BCUT2D eigenvalue weighted by Gasteiger charge is -1.97. The number of rotatable bonds is 5. The van der Waals surface area contributed by atoms with Gasteiger partial charge in [0, 0.05) is 30.1 Å². The van der Waals surface area contributed by atoms with E-state index in [9.17, 15) is 0 Å². The zero-order valence-electron chi connectivity index (χ0n) is 6.62. The Kier molecular flexibility index (Phi) is 4.90. The SMILES string of the molecule is COCCSCc1nnsc1Cl. The van der Waals surface area contributed by atoms with Crippen molar-refractivity contribution in [3.05, 3.63) is 10.0 Å². The van der Waals surface area contributed by atoms with Crippen molar-refractivity contribution in [1.82, 2.24) is 9.59 Å². The van der Waals surface area contributed by atoms with Gasteiger partial charge in [-0.15, -0.1) is 5.10 Å². The van der Waals surface area contributed by atoms with Gasteiger partial charge in [-0.05, 0) is 0 Å². The third-order valence-electron chi connectivity index (χ3n) is 1.18. The second-order valence-corrected chi connectivity index (χ2v) is 4.50. The van der Waals surface area contributed by atoms with Gasteiger partial charge in [-0.2, -0.15) is 11.8 Å². The second kappa shape index (κ2) is 5.75. The summed E-state index contributed by atoms with van der Waals surface area (Å²) in [5, 5.41) is 3.89. The van der Waals surface area contributed by atoms with Crippen LogP contribution in [-0.2, 0) is 10.5 Å². The quantitative estimate of drug-likeness (QED) is 0.718. The van der Waals surface area contributed by atoms with Crippen LogP contribution in [-0.4, -0.2) is 29.1 Å². The maximum absolute atomic E-state index is 5.80. The molecule has 0 saturated heterocycles. The van der Waals surface area contributed by atoms with E-state index in [1.54, 1.807) is 18.9 Å². The highest BCUT2D eigenvalue weighted by molar-refractivity contribution is 7.98. The highest BCUT2D eigenvalue weighted by Gasteiger charge is 2.03. The Morgan fingerprint density at radius 1 is 1.67 bits per heavy atom. The van der Waals surface area contributed by atoms with Crippen molar-refractivity contribution in [3.8, 4) is 0 Å². The van der Waals surface area contributed by atoms with Crippen molar-refractivity contribution in [3.63, 3.8) is 0 Å². The summed E-state index contributed by atoms with van der Waals surface area (Å²) >= 11 is 8.77. The fourth-order valence-corrected chi connectivity index (χ4v) is 2.22. The summed E-state index contributed by atoms with van der Waals surface area (Å²) in [6.45, 7) is 0.764. The van der Waals surface area contributed by atoms with Crippen molar-refractivity contribution in [1.29, 1.82) is 0 Å². The third kappa shape index (κ3) is 3.26. The van der Waals surface area contributed by atoms with Gasteiger partial charge in [0.25, 0.3) is 0 Å². The predicted octanol–water partition coefficient (Wildman–Crippen LogP) is 2.07. The first kappa shape index (κ1) is 10.2. The standard InChI is InChI=1S/C6H9ClN2OS2/c1-10-2-3-11-4-5-6(7)12-9-8-5/h2-4H2,1H3. The van der Waals surface area contributed by atoms with Gasteiger partial charge >= 0.3 is 0 Å². The molecule has 3 nitrogen and oxygen atoms in total. The highest BCUT2D eigenvalue weighted by Crippen LogP contribution is 2.21. The van der Waals surface area contributed by atoms with Crippen molar-refractivity contribution >= 4 is 34.9 Å². The van der Waals surface area contributed by atoms with E-state index < -0.39 is 0 Å². The van der Waals surface area contributed by atoms with Crippen LogP contribution < -0.4 is 0 Å². The van der Waals surface area contributed by atoms with Crippen LogP contribution in [0.15, 0.2) is 0 Å². The van der Waals surface area contributed by atoms with E-state index in [0.717, 1.165) is 23.8 Å². The van der Waals surface area contributed by atoms with Crippen LogP contribution in [0.4, 0.5) is 0 Å². The molecular formula is C6H9ClN2OS2. The molecule has 0 aliphatic heterocycles. The molecule has 0 amide bonds. The molecule has 0 unspecified atom stereocenters. The minimum atomic E-state index is 0.694. The number of nitrogens with zero attached hydrogens (tertiary/aromatic N) is 2. The Hall–Kier alpha value is 0.160. The topological polar surface area (TPSA) is 35.0 Å². The number of ether oxygens (including phenoxy) is 1. The number of hydrogen-bond donors (Lipinski definition) is 0. The molecule has 6 heteroatoms. The first-order chi connectivity index (χ1) is 5.84. The summed E-state index contributed by atoms with van der Waals surface area (Å²) in [6.07, 6.45) is 0. The molecule has 0 spiro atoms. The molecule has 0 N–H and O–H groups in total. The van der Waals surface area contributed by atoms with Gasteiger partial charge in [0.2, 0.25) is 0 Å². The smallest absolute Gasteiger partial charge is 0.138 e. The fourth-order valence-electron chi connectivity index (χ4n) is 0.594. The molecule has 0 bridgehead atoms. The summed E-state index contributed by atoms with van der Waals surface area (Å²) in [7, 11) is 1.69. The molecular weight excluding hydrogens is 216 g/mol. The Bertz CT molecular complexity index is 231. The normalized spacial score (nSPS) is 10.5. The minimum Gasteiger partial charge on any atom is -0.384 e. The monoisotopic (exact) mass is 224 g/mol. The van der Waals surface area contributed by atoms with E-state index in [1.807, 2.05) is 0 Å². The van der Waals surface area contributed by atoms with Gasteiger partial charge in [0.15, 0.2) is 0 Å². The Morgan fingerprint density at radius 2 is 2.50 bits per heavy atom. The van der Waals surface area contributed by atoms with Gasteiger partial charge < -0.3 is 4.74 Å². The van der Waals surface area contributed by atoms with Crippen LogP contribution in [0, 0.1) is 0 Å². The van der Waals surface area contributed by atoms with Crippen LogP contribution in [0.2, 0.25) is 4.34 Å². The average Bonchev–Trinajstić information content (AvgIpc) is 2.46. The minimum absolute atomic E-state index is 0.694. The maximum atomic E-state index is 5.80. The summed E-state index contributed by atoms with van der Waals surface area (Å²) in [5.74, 6) is 1.78. The molecule has 12 heavy (non-hydrogen) atoms. The van der Waals surface area contributed by atoms with Crippen molar-refractivity contribution in [2.75, 3.05) is 19.5 Å². The van der Waals surface area contributed by atoms with Gasteiger partial charge in [-0.3, -0.25) is 0 Å². The molecule has 1 aromatic rings. The molecule has 0 aliphatic rings. The molecule has 1 aromatic heterocycles. The van der Waals surface area contributed by atoms with Gasteiger partial charge in [0.1, 0.15) is 10.0 Å². The average molecular weight is 225 g/mol. The van der Waals surface area contributed by atoms with E-state index >= 15 is 0 Å². The van der Waals surface area contributed by atoms with E-state index in [2.05, 4.69) is 9.59 Å². The van der Waals surface area contributed by atoms with Gasteiger partial charge in [-0.1, -0.05) is 16.1 Å². The summed E-state index contributed by atoms with van der Waals surface area (Å²) < 4.78 is 9.33. The summed E-state index contributed by atoms with van der Waals surface area (Å²) in [6, 6.07) is 0. The first-order valence-corrected chi connectivity index (χ1v) is 5.68. The van der Waals surface area contributed by atoms with Crippen LogP contribution >= 0.6 is 34.9 Å². The molecule has 68 valence electrons. The Labute approximate surface area is 84.6 Å². The maximum Gasteiger partial charge on any atom is 0.138 e. The molecule has 0 saturated carbocycles. The molecule has 0 atom stereocenters. The van der Waals surface area contributed by atoms with Crippen LogP contribution in [0.25, 0.3) is 0 Å². The van der Waals surface area contributed by atoms with Gasteiger partial charge in [-0.25, -0.2) is 0 Å². The lowest BCUT2D eigenvalue weighted by Crippen LogP contribution is -1.92. The van der Waals surface area contributed by atoms with Crippen LogP contribution in [0.1, 0.15) is 5.69 Å². The number of thioether (sulfide) groups is 1. The number of methoxy groups -OCH3 is 1. The van der Waals surface area contributed by atoms with Crippen LogP contribution in [0.3, 0.4) is 0 Å². The van der Waals surface area contributed by atoms with E-state index in [1.165, 1.54) is 11.5 Å². The van der Waals surface area contributed by atoms with Crippen LogP contribution in [0.5, 0.6) is 0 Å². The lowest BCUT2D eigenvalue weighted by molar-refractivity contribution is 0.218. The second-order valence-electron chi connectivity index (χ2n) is 2.04. The van der Waals surface area contributed by atoms with E-state index in [-0.39, 0.29) is 0 Å². The third-order valence-corrected chi connectivity index (χ3v) is 3.10. The van der Waals surface area contributed by atoms with Crippen molar-refractivity contribution in [2.24, 2.45) is 0 Å². The molecule has 1 rings (SSSR count). The number of hydrogen-bond acceptors (Lipinski definition) is 5. The van der Waals surface area contributed by atoms with Crippen molar-refractivity contribution < 1.29 is 4.74 Å². The Balaban J connectivity index is 2.20. The number of aromatic nitrogens is 2. The summed E-state index contributed by atoms with van der Waals surface area (Å²) in [5.41, 5.74) is 0.878. The van der Waals surface area contributed by atoms with E-state index in [0.29, 0.717) is 4.34 Å². The zero-order chi connectivity index (χ0) is 8.81.